The Morgan fingerprint density at radius 2 is 2.27 bits per heavy atom. The fourth-order valence-corrected chi connectivity index (χ4v) is 2.04. The molecular weight excluding hydrogens is 309 g/mol. The highest BCUT2D eigenvalue weighted by Gasteiger charge is 2.09. The van der Waals surface area contributed by atoms with E-state index in [9.17, 15) is 0 Å². The lowest BCUT2D eigenvalue weighted by Gasteiger charge is -2.11. The minimum absolute atomic E-state index is 0.562. The Balaban J connectivity index is 3.18. The zero-order chi connectivity index (χ0) is 11.3. The maximum atomic E-state index is 8.45. The molecule has 5 heteroatoms. The average molecular weight is 321 g/mol. The number of benzene rings is 1. The van der Waals surface area contributed by atoms with E-state index in [1.807, 2.05) is 13.0 Å². The molecule has 1 N–H and O–H groups in total. The van der Waals surface area contributed by atoms with Gasteiger partial charge in [0.25, 0.3) is 0 Å². The standard InChI is InChI=1S/C10H12INO3/c1-3-15-9-5-7(6-12-13)4-8(11)10(9)14-2/h4-6,13H,3H2,1-2H3/b12-6-. The fourth-order valence-electron chi connectivity index (χ4n) is 1.19. The van der Waals surface area contributed by atoms with Crippen LogP contribution < -0.4 is 9.47 Å². The van der Waals surface area contributed by atoms with E-state index in [-0.39, 0.29) is 0 Å². The van der Waals surface area contributed by atoms with Crippen LogP contribution in [-0.2, 0) is 0 Å². The molecule has 0 bridgehead atoms. The molecule has 0 saturated carbocycles. The van der Waals surface area contributed by atoms with Gasteiger partial charge in [-0.3, -0.25) is 0 Å². The molecule has 0 atom stereocenters. The van der Waals surface area contributed by atoms with Gasteiger partial charge in [0, 0.05) is 5.56 Å². The van der Waals surface area contributed by atoms with E-state index >= 15 is 0 Å². The smallest absolute Gasteiger partial charge is 0.174 e. The summed E-state index contributed by atoms with van der Waals surface area (Å²) in [7, 11) is 1.60. The first-order valence-corrected chi connectivity index (χ1v) is 5.48. The molecule has 4 nitrogen and oxygen atoms in total. The number of ether oxygens (including phenoxy) is 2. The number of methoxy groups -OCH3 is 1. The van der Waals surface area contributed by atoms with Crippen LogP contribution in [0.1, 0.15) is 12.5 Å². The molecule has 0 aliphatic rings. The molecule has 0 amide bonds. The van der Waals surface area contributed by atoms with Gasteiger partial charge in [0.2, 0.25) is 0 Å². The van der Waals surface area contributed by atoms with Crippen LogP contribution in [0.2, 0.25) is 0 Å². The van der Waals surface area contributed by atoms with Crippen molar-refractivity contribution >= 4 is 28.8 Å². The largest absolute Gasteiger partial charge is 0.492 e. The molecule has 1 aromatic rings. The minimum atomic E-state index is 0.562. The molecule has 0 aliphatic carbocycles. The Morgan fingerprint density at radius 1 is 1.53 bits per heavy atom. The fraction of sp³-hybridized carbons (Fsp3) is 0.300. The Bertz CT molecular complexity index is 366. The lowest BCUT2D eigenvalue weighted by atomic mass is 10.2. The molecule has 0 spiro atoms. The van der Waals surface area contributed by atoms with E-state index in [2.05, 4.69) is 27.7 Å². The molecule has 1 rings (SSSR count). The highest BCUT2D eigenvalue weighted by atomic mass is 127. The molecular formula is C10H12INO3. The zero-order valence-corrected chi connectivity index (χ0v) is 10.7. The Kier molecular flexibility index (Phi) is 4.67. The van der Waals surface area contributed by atoms with Crippen molar-refractivity contribution in [2.45, 2.75) is 6.92 Å². The Labute approximate surface area is 102 Å². The first-order valence-electron chi connectivity index (χ1n) is 4.40. The third-order valence-electron chi connectivity index (χ3n) is 1.74. The van der Waals surface area contributed by atoms with Gasteiger partial charge in [-0.05, 0) is 41.6 Å². The van der Waals surface area contributed by atoms with Gasteiger partial charge in [0.1, 0.15) is 0 Å². The second-order valence-corrected chi connectivity index (χ2v) is 3.87. The van der Waals surface area contributed by atoms with Crippen LogP contribution in [0, 0.1) is 3.57 Å². The van der Waals surface area contributed by atoms with Crippen LogP contribution in [0.3, 0.4) is 0 Å². The van der Waals surface area contributed by atoms with Gasteiger partial charge >= 0.3 is 0 Å². The third kappa shape index (κ3) is 2.98. The summed E-state index contributed by atoms with van der Waals surface area (Å²) in [6.07, 6.45) is 1.35. The highest BCUT2D eigenvalue weighted by molar-refractivity contribution is 14.1. The number of nitrogens with zero attached hydrogens (tertiary/aromatic N) is 1. The topological polar surface area (TPSA) is 51.0 Å². The zero-order valence-electron chi connectivity index (χ0n) is 8.53. The summed E-state index contributed by atoms with van der Waals surface area (Å²) in [6, 6.07) is 3.62. The molecule has 0 heterocycles. The normalized spacial score (nSPS) is 10.6. The van der Waals surface area contributed by atoms with E-state index in [0.717, 1.165) is 9.13 Å². The van der Waals surface area contributed by atoms with Crippen LogP contribution in [0.25, 0.3) is 0 Å². The molecule has 15 heavy (non-hydrogen) atoms. The van der Waals surface area contributed by atoms with Crippen molar-refractivity contribution in [1.82, 2.24) is 0 Å². The van der Waals surface area contributed by atoms with Crippen molar-refractivity contribution in [2.75, 3.05) is 13.7 Å². The van der Waals surface area contributed by atoms with Gasteiger partial charge in [-0.25, -0.2) is 0 Å². The minimum Gasteiger partial charge on any atom is -0.492 e. The van der Waals surface area contributed by atoms with Crippen molar-refractivity contribution in [2.24, 2.45) is 5.16 Å². The monoisotopic (exact) mass is 321 g/mol. The first kappa shape index (κ1) is 12.1. The molecule has 1 aromatic carbocycles. The molecule has 0 saturated heterocycles. The van der Waals surface area contributed by atoms with Gasteiger partial charge in [-0.15, -0.1) is 0 Å². The molecule has 0 unspecified atom stereocenters. The van der Waals surface area contributed by atoms with E-state index < -0.39 is 0 Å². The second kappa shape index (κ2) is 5.79. The van der Waals surface area contributed by atoms with E-state index in [1.54, 1.807) is 13.2 Å². The number of oxime groups is 1. The summed E-state index contributed by atoms with van der Waals surface area (Å²) in [5, 5.41) is 11.4. The Morgan fingerprint density at radius 3 is 2.80 bits per heavy atom. The second-order valence-electron chi connectivity index (χ2n) is 2.71. The summed E-state index contributed by atoms with van der Waals surface area (Å²) in [5.74, 6) is 1.36. The van der Waals surface area contributed by atoms with Gasteiger partial charge in [-0.2, -0.15) is 0 Å². The van der Waals surface area contributed by atoms with Crippen molar-refractivity contribution in [3.05, 3.63) is 21.3 Å². The summed E-state index contributed by atoms with van der Waals surface area (Å²) in [6.45, 7) is 2.46. The first-order chi connectivity index (χ1) is 7.22. The number of hydrogen-bond donors (Lipinski definition) is 1. The average Bonchev–Trinajstić information content (AvgIpc) is 2.18. The predicted molar refractivity (Wildman–Crippen MR) is 66.3 cm³/mol. The van der Waals surface area contributed by atoms with Crippen LogP contribution in [-0.4, -0.2) is 25.1 Å². The van der Waals surface area contributed by atoms with Crippen molar-refractivity contribution < 1.29 is 14.7 Å². The molecule has 0 aromatic heterocycles. The molecule has 82 valence electrons. The van der Waals surface area contributed by atoms with E-state index in [4.69, 9.17) is 14.7 Å². The number of hydrogen-bond acceptors (Lipinski definition) is 4. The van der Waals surface area contributed by atoms with Crippen molar-refractivity contribution in [1.29, 1.82) is 0 Å². The van der Waals surface area contributed by atoms with Gasteiger partial charge in [0.05, 0.1) is 23.5 Å². The maximum absolute atomic E-state index is 8.45. The quantitative estimate of drug-likeness (QED) is 0.401. The van der Waals surface area contributed by atoms with E-state index in [1.165, 1.54) is 6.21 Å². The third-order valence-corrected chi connectivity index (χ3v) is 2.54. The van der Waals surface area contributed by atoms with Gasteiger partial charge < -0.3 is 14.7 Å². The number of halogens is 1. The van der Waals surface area contributed by atoms with Gasteiger partial charge in [-0.1, -0.05) is 5.16 Å². The summed E-state index contributed by atoms with van der Waals surface area (Å²) in [5.41, 5.74) is 0.770. The molecule has 0 aliphatic heterocycles. The van der Waals surface area contributed by atoms with E-state index in [0.29, 0.717) is 18.1 Å². The van der Waals surface area contributed by atoms with Crippen LogP contribution in [0.15, 0.2) is 17.3 Å². The highest BCUT2D eigenvalue weighted by Crippen LogP contribution is 2.33. The van der Waals surface area contributed by atoms with Gasteiger partial charge in [0.15, 0.2) is 11.5 Å². The molecule has 0 fully saturated rings. The van der Waals surface area contributed by atoms with Crippen LogP contribution in [0.4, 0.5) is 0 Å². The number of rotatable bonds is 4. The maximum Gasteiger partial charge on any atom is 0.174 e. The summed E-state index contributed by atoms with van der Waals surface area (Å²) >= 11 is 2.14. The summed E-state index contributed by atoms with van der Waals surface area (Å²) < 4.78 is 11.6. The van der Waals surface area contributed by atoms with Crippen LogP contribution in [0.5, 0.6) is 11.5 Å². The predicted octanol–water partition coefficient (Wildman–Crippen LogP) is 2.51. The van der Waals surface area contributed by atoms with Crippen molar-refractivity contribution in [3.63, 3.8) is 0 Å². The summed E-state index contributed by atoms with van der Waals surface area (Å²) in [4.78, 5) is 0. The Hall–Kier alpha value is -0.980. The lowest BCUT2D eigenvalue weighted by molar-refractivity contribution is 0.309. The van der Waals surface area contributed by atoms with Crippen LogP contribution >= 0.6 is 22.6 Å². The van der Waals surface area contributed by atoms with Crippen molar-refractivity contribution in [3.8, 4) is 11.5 Å². The molecule has 0 radical (unpaired) electrons. The SMILES string of the molecule is CCOc1cc(/C=N\O)cc(I)c1OC. The lowest BCUT2D eigenvalue weighted by Crippen LogP contribution is -1.98.